The van der Waals surface area contributed by atoms with Crippen molar-refractivity contribution in [3.05, 3.63) is 45.4 Å². The van der Waals surface area contributed by atoms with E-state index in [1.165, 1.54) is 11.1 Å². The SMILES string of the molecule is CCNC(C)c1nnc(CCc2ccccc2C)s1. The van der Waals surface area contributed by atoms with Gasteiger partial charge in [0.2, 0.25) is 0 Å². The summed E-state index contributed by atoms with van der Waals surface area (Å²) in [4.78, 5) is 0. The highest BCUT2D eigenvalue weighted by atomic mass is 32.1. The number of aryl methyl sites for hydroxylation is 3. The molecule has 0 radical (unpaired) electrons. The standard InChI is InChI=1S/C15H21N3S/c1-4-16-12(3)15-18-17-14(19-15)10-9-13-8-6-5-7-11(13)2/h5-8,12,16H,4,9-10H2,1-3H3. The highest BCUT2D eigenvalue weighted by Crippen LogP contribution is 2.19. The summed E-state index contributed by atoms with van der Waals surface area (Å²) >= 11 is 1.72. The van der Waals surface area contributed by atoms with Crippen LogP contribution in [0.5, 0.6) is 0 Å². The summed E-state index contributed by atoms with van der Waals surface area (Å²) in [6.07, 6.45) is 2.01. The Morgan fingerprint density at radius 1 is 1.21 bits per heavy atom. The maximum atomic E-state index is 4.29. The molecule has 0 saturated carbocycles. The van der Waals surface area contributed by atoms with Crippen molar-refractivity contribution in [2.45, 2.75) is 39.7 Å². The zero-order valence-corrected chi connectivity index (χ0v) is 12.6. The van der Waals surface area contributed by atoms with Crippen LogP contribution in [0.3, 0.4) is 0 Å². The van der Waals surface area contributed by atoms with Crippen LogP contribution >= 0.6 is 11.3 Å². The van der Waals surface area contributed by atoms with Gasteiger partial charge in [0, 0.05) is 6.42 Å². The quantitative estimate of drug-likeness (QED) is 0.879. The monoisotopic (exact) mass is 275 g/mol. The molecule has 0 aliphatic rings. The fourth-order valence-electron chi connectivity index (χ4n) is 2.07. The zero-order chi connectivity index (χ0) is 13.7. The van der Waals surface area contributed by atoms with Crippen LogP contribution in [0.1, 0.15) is 41.0 Å². The molecular weight excluding hydrogens is 254 g/mol. The van der Waals surface area contributed by atoms with E-state index in [0.717, 1.165) is 29.4 Å². The lowest BCUT2D eigenvalue weighted by Crippen LogP contribution is -2.17. The average Bonchev–Trinajstić information content (AvgIpc) is 2.87. The van der Waals surface area contributed by atoms with E-state index in [1.807, 2.05) is 0 Å². The van der Waals surface area contributed by atoms with Crippen molar-refractivity contribution in [2.75, 3.05) is 6.54 Å². The Hall–Kier alpha value is -1.26. The molecule has 4 heteroatoms. The minimum absolute atomic E-state index is 0.301. The third-order valence-corrected chi connectivity index (χ3v) is 4.40. The van der Waals surface area contributed by atoms with Crippen molar-refractivity contribution >= 4 is 11.3 Å². The Morgan fingerprint density at radius 3 is 2.74 bits per heavy atom. The molecule has 19 heavy (non-hydrogen) atoms. The lowest BCUT2D eigenvalue weighted by Gasteiger charge is -2.06. The van der Waals surface area contributed by atoms with Crippen LogP contribution in [-0.2, 0) is 12.8 Å². The van der Waals surface area contributed by atoms with Gasteiger partial charge < -0.3 is 5.32 Å². The summed E-state index contributed by atoms with van der Waals surface area (Å²) in [5, 5.41) is 14.1. The van der Waals surface area contributed by atoms with Gasteiger partial charge >= 0.3 is 0 Å². The van der Waals surface area contributed by atoms with E-state index < -0.39 is 0 Å². The largest absolute Gasteiger partial charge is 0.308 e. The van der Waals surface area contributed by atoms with Gasteiger partial charge in [0.1, 0.15) is 10.0 Å². The fraction of sp³-hybridized carbons (Fsp3) is 0.467. The first-order chi connectivity index (χ1) is 9.20. The molecule has 1 aromatic heterocycles. The smallest absolute Gasteiger partial charge is 0.134 e. The predicted molar refractivity (Wildman–Crippen MR) is 80.6 cm³/mol. The van der Waals surface area contributed by atoms with E-state index in [-0.39, 0.29) is 0 Å². The number of hydrogen-bond acceptors (Lipinski definition) is 4. The molecular formula is C15H21N3S. The summed E-state index contributed by atoms with van der Waals surface area (Å²) in [6.45, 7) is 7.36. The molecule has 1 atom stereocenters. The van der Waals surface area contributed by atoms with Crippen LogP contribution in [-0.4, -0.2) is 16.7 Å². The summed E-state index contributed by atoms with van der Waals surface area (Å²) < 4.78 is 0. The minimum atomic E-state index is 0.301. The predicted octanol–water partition coefficient (Wildman–Crippen LogP) is 3.30. The van der Waals surface area contributed by atoms with Crippen LogP contribution in [0.4, 0.5) is 0 Å². The van der Waals surface area contributed by atoms with Gasteiger partial charge in [-0.1, -0.05) is 42.5 Å². The summed E-state index contributed by atoms with van der Waals surface area (Å²) in [5.74, 6) is 0. The third-order valence-electron chi connectivity index (χ3n) is 3.23. The molecule has 0 bridgehead atoms. The van der Waals surface area contributed by atoms with Gasteiger partial charge in [0.05, 0.1) is 6.04 Å². The summed E-state index contributed by atoms with van der Waals surface area (Å²) in [7, 11) is 0. The van der Waals surface area contributed by atoms with Crippen LogP contribution in [0, 0.1) is 6.92 Å². The minimum Gasteiger partial charge on any atom is -0.308 e. The van der Waals surface area contributed by atoms with Gasteiger partial charge in [-0.25, -0.2) is 0 Å². The van der Waals surface area contributed by atoms with E-state index in [0.29, 0.717) is 6.04 Å². The van der Waals surface area contributed by atoms with E-state index in [4.69, 9.17) is 0 Å². The molecule has 0 spiro atoms. The topological polar surface area (TPSA) is 37.8 Å². The molecule has 0 amide bonds. The number of aromatic nitrogens is 2. The summed E-state index contributed by atoms with van der Waals surface area (Å²) in [6, 6.07) is 8.84. The normalized spacial score (nSPS) is 12.6. The molecule has 0 fully saturated rings. The van der Waals surface area contributed by atoms with E-state index in [2.05, 4.69) is 60.6 Å². The molecule has 2 rings (SSSR count). The maximum absolute atomic E-state index is 4.29. The fourth-order valence-corrected chi connectivity index (χ4v) is 2.94. The van der Waals surface area contributed by atoms with E-state index in [1.54, 1.807) is 11.3 Å². The van der Waals surface area contributed by atoms with E-state index in [9.17, 15) is 0 Å². The van der Waals surface area contributed by atoms with Gasteiger partial charge in [0.25, 0.3) is 0 Å². The Kier molecular flexibility index (Phi) is 5.05. The molecule has 2 aromatic rings. The maximum Gasteiger partial charge on any atom is 0.134 e. The van der Waals surface area contributed by atoms with Crippen LogP contribution in [0.15, 0.2) is 24.3 Å². The van der Waals surface area contributed by atoms with Crippen molar-refractivity contribution in [2.24, 2.45) is 0 Å². The number of nitrogens with one attached hydrogen (secondary N) is 1. The van der Waals surface area contributed by atoms with Crippen molar-refractivity contribution in [3.8, 4) is 0 Å². The Bertz CT molecular complexity index is 522. The van der Waals surface area contributed by atoms with Crippen LogP contribution in [0.2, 0.25) is 0 Å². The van der Waals surface area contributed by atoms with Crippen molar-refractivity contribution in [1.82, 2.24) is 15.5 Å². The average molecular weight is 275 g/mol. The van der Waals surface area contributed by atoms with Crippen LogP contribution in [0.25, 0.3) is 0 Å². The van der Waals surface area contributed by atoms with Gasteiger partial charge in [-0.05, 0) is 37.9 Å². The Balaban J connectivity index is 1.95. The molecule has 1 unspecified atom stereocenters. The summed E-state index contributed by atoms with van der Waals surface area (Å²) in [5.41, 5.74) is 2.76. The lowest BCUT2D eigenvalue weighted by atomic mass is 10.0. The molecule has 102 valence electrons. The van der Waals surface area contributed by atoms with Crippen LogP contribution < -0.4 is 5.32 Å². The second-order valence-corrected chi connectivity index (χ2v) is 5.83. The first-order valence-corrected chi connectivity index (χ1v) is 7.62. The molecule has 1 aromatic carbocycles. The lowest BCUT2D eigenvalue weighted by molar-refractivity contribution is 0.589. The van der Waals surface area contributed by atoms with Gasteiger partial charge in [-0.2, -0.15) is 0 Å². The molecule has 0 saturated heterocycles. The Morgan fingerprint density at radius 2 is 2.00 bits per heavy atom. The van der Waals surface area contributed by atoms with Gasteiger partial charge in [-0.15, -0.1) is 10.2 Å². The number of benzene rings is 1. The van der Waals surface area contributed by atoms with Crippen molar-refractivity contribution in [3.63, 3.8) is 0 Å². The highest BCUT2D eigenvalue weighted by molar-refractivity contribution is 7.11. The molecule has 1 N–H and O–H groups in total. The first kappa shape index (κ1) is 14.2. The van der Waals surface area contributed by atoms with Crippen molar-refractivity contribution < 1.29 is 0 Å². The Labute approximate surface area is 119 Å². The number of nitrogens with zero attached hydrogens (tertiary/aromatic N) is 2. The molecule has 1 heterocycles. The van der Waals surface area contributed by atoms with E-state index >= 15 is 0 Å². The highest BCUT2D eigenvalue weighted by Gasteiger charge is 2.10. The van der Waals surface area contributed by atoms with Gasteiger partial charge in [0.15, 0.2) is 0 Å². The second-order valence-electron chi connectivity index (χ2n) is 4.74. The third kappa shape index (κ3) is 3.85. The molecule has 3 nitrogen and oxygen atoms in total. The second kappa shape index (κ2) is 6.78. The molecule has 0 aliphatic carbocycles. The molecule has 0 aliphatic heterocycles. The number of hydrogen-bond donors (Lipinski definition) is 1. The number of rotatable bonds is 6. The zero-order valence-electron chi connectivity index (χ0n) is 11.8. The first-order valence-electron chi connectivity index (χ1n) is 6.81. The van der Waals surface area contributed by atoms with Gasteiger partial charge in [-0.3, -0.25) is 0 Å². The van der Waals surface area contributed by atoms with Crippen molar-refractivity contribution in [1.29, 1.82) is 0 Å².